The molecule has 0 aliphatic carbocycles. The van der Waals surface area contributed by atoms with Gasteiger partial charge in [-0.05, 0) is 57.8 Å². The zero-order valence-electron chi connectivity index (χ0n) is 36.2. The highest BCUT2D eigenvalue weighted by atomic mass is 16.7. The summed E-state index contributed by atoms with van der Waals surface area (Å²) in [6.07, 6.45) is 22.9. The second-order valence-electron chi connectivity index (χ2n) is 15.5. The van der Waals surface area contributed by atoms with E-state index in [1.165, 1.54) is 32.1 Å². The molecule has 0 aromatic carbocycles. The van der Waals surface area contributed by atoms with E-state index in [1.54, 1.807) is 0 Å². The Labute approximate surface area is 358 Å². The Morgan fingerprint density at radius 2 is 1.07 bits per heavy atom. The SMILES string of the molecule is CC/C=C\C/C=C\C/C=C\C/C=C\C/C=C\CCCCCCCCCCOCC(COC1OC(COC2OC(CO)C(O)C(O)C2O)C(O)C(O)C1O)OC(=O)CCCC. The van der Waals surface area contributed by atoms with Gasteiger partial charge in [-0.15, -0.1) is 0 Å². The molecule has 2 saturated heterocycles. The van der Waals surface area contributed by atoms with Crippen LogP contribution in [0, 0.1) is 0 Å². The monoisotopic (exact) mass is 855 g/mol. The van der Waals surface area contributed by atoms with E-state index < -0.39 is 86.7 Å². The number of aliphatic hydroxyl groups excluding tert-OH is 7. The molecule has 14 heteroatoms. The highest BCUT2D eigenvalue weighted by Crippen LogP contribution is 2.26. The molecule has 0 bridgehead atoms. The van der Waals surface area contributed by atoms with Crippen LogP contribution in [-0.4, -0.2) is 142 Å². The van der Waals surface area contributed by atoms with E-state index in [0.717, 1.165) is 64.2 Å². The molecule has 2 rings (SSSR count). The van der Waals surface area contributed by atoms with Crippen molar-refractivity contribution >= 4 is 5.97 Å². The van der Waals surface area contributed by atoms with E-state index in [0.29, 0.717) is 13.0 Å². The van der Waals surface area contributed by atoms with Crippen LogP contribution in [0.1, 0.15) is 123 Å². The lowest BCUT2D eigenvalue weighted by atomic mass is 9.98. The van der Waals surface area contributed by atoms with Crippen molar-refractivity contribution in [1.82, 2.24) is 0 Å². The molecule has 0 saturated carbocycles. The molecule has 0 spiro atoms. The maximum atomic E-state index is 12.5. The van der Waals surface area contributed by atoms with Crippen LogP contribution in [0.2, 0.25) is 0 Å². The van der Waals surface area contributed by atoms with Crippen molar-refractivity contribution in [2.75, 3.05) is 33.0 Å². The van der Waals surface area contributed by atoms with Gasteiger partial charge in [0.05, 0.1) is 26.4 Å². The van der Waals surface area contributed by atoms with Crippen LogP contribution in [-0.2, 0) is 33.2 Å². The highest BCUT2D eigenvalue weighted by molar-refractivity contribution is 5.69. The Balaban J connectivity index is 1.62. The molecule has 346 valence electrons. The first-order valence-corrected chi connectivity index (χ1v) is 22.4. The average molecular weight is 855 g/mol. The van der Waals surface area contributed by atoms with Crippen LogP contribution < -0.4 is 0 Å². The molecule has 11 atom stereocenters. The molecule has 0 amide bonds. The van der Waals surface area contributed by atoms with Crippen molar-refractivity contribution in [3.63, 3.8) is 0 Å². The summed E-state index contributed by atoms with van der Waals surface area (Å²) in [6, 6.07) is 0. The van der Waals surface area contributed by atoms with Gasteiger partial charge in [0.1, 0.15) is 54.9 Å². The van der Waals surface area contributed by atoms with Gasteiger partial charge in [-0.25, -0.2) is 0 Å². The molecule has 2 heterocycles. The third kappa shape index (κ3) is 22.7. The number of aliphatic hydroxyl groups is 7. The van der Waals surface area contributed by atoms with Crippen LogP contribution in [0.5, 0.6) is 0 Å². The molecule has 0 radical (unpaired) electrons. The summed E-state index contributed by atoms with van der Waals surface area (Å²) in [7, 11) is 0. The van der Waals surface area contributed by atoms with Crippen LogP contribution in [0.4, 0.5) is 0 Å². The summed E-state index contributed by atoms with van der Waals surface area (Å²) in [5.74, 6) is -0.418. The van der Waals surface area contributed by atoms with Gasteiger partial charge in [0.15, 0.2) is 12.6 Å². The number of ether oxygens (including phenoxy) is 6. The number of hydrogen-bond donors (Lipinski definition) is 7. The second kappa shape index (κ2) is 34.2. The number of allylic oxidation sites excluding steroid dienone is 10. The summed E-state index contributed by atoms with van der Waals surface area (Å²) in [6.45, 7) is 3.26. The predicted octanol–water partition coefficient (Wildman–Crippen LogP) is 5.01. The van der Waals surface area contributed by atoms with Crippen LogP contribution in [0.3, 0.4) is 0 Å². The Morgan fingerprint density at radius 3 is 1.63 bits per heavy atom. The van der Waals surface area contributed by atoms with Crippen molar-refractivity contribution in [3.05, 3.63) is 60.8 Å². The minimum atomic E-state index is -1.71. The quantitative estimate of drug-likeness (QED) is 0.0263. The van der Waals surface area contributed by atoms with Crippen molar-refractivity contribution in [3.8, 4) is 0 Å². The van der Waals surface area contributed by atoms with Crippen LogP contribution in [0.15, 0.2) is 60.8 Å². The Morgan fingerprint density at radius 1 is 0.567 bits per heavy atom. The van der Waals surface area contributed by atoms with E-state index in [1.807, 2.05) is 6.92 Å². The fraction of sp³-hybridized carbons (Fsp3) is 0.761. The minimum absolute atomic E-state index is 0.0490. The molecule has 2 aliphatic heterocycles. The van der Waals surface area contributed by atoms with Crippen LogP contribution in [0.25, 0.3) is 0 Å². The predicted molar refractivity (Wildman–Crippen MR) is 229 cm³/mol. The molecule has 0 aromatic rings. The number of hydrogen-bond acceptors (Lipinski definition) is 14. The lowest BCUT2D eigenvalue weighted by Gasteiger charge is -2.42. The lowest BCUT2D eigenvalue weighted by Crippen LogP contribution is -2.61. The summed E-state index contributed by atoms with van der Waals surface area (Å²) in [5, 5.41) is 71.4. The van der Waals surface area contributed by atoms with Gasteiger partial charge in [-0.2, -0.15) is 0 Å². The third-order valence-corrected chi connectivity index (χ3v) is 10.3. The number of rotatable bonds is 33. The van der Waals surface area contributed by atoms with E-state index >= 15 is 0 Å². The van der Waals surface area contributed by atoms with Crippen LogP contribution >= 0.6 is 0 Å². The first-order valence-electron chi connectivity index (χ1n) is 22.4. The van der Waals surface area contributed by atoms with Crippen molar-refractivity contribution in [2.45, 2.75) is 191 Å². The molecule has 14 nitrogen and oxygen atoms in total. The highest BCUT2D eigenvalue weighted by Gasteiger charge is 2.47. The molecule has 2 fully saturated rings. The molecule has 60 heavy (non-hydrogen) atoms. The van der Waals surface area contributed by atoms with E-state index in [2.05, 4.69) is 67.7 Å². The Bertz CT molecular complexity index is 1220. The molecule has 2 aliphatic rings. The van der Waals surface area contributed by atoms with Gasteiger partial charge in [0, 0.05) is 13.0 Å². The van der Waals surface area contributed by atoms with Gasteiger partial charge in [-0.1, -0.05) is 120 Å². The summed E-state index contributed by atoms with van der Waals surface area (Å²) < 4.78 is 33.7. The van der Waals surface area contributed by atoms with Gasteiger partial charge >= 0.3 is 5.97 Å². The smallest absolute Gasteiger partial charge is 0.306 e. The first kappa shape index (κ1) is 53.8. The molecule has 0 aromatic heterocycles. The van der Waals surface area contributed by atoms with Gasteiger partial charge in [0.2, 0.25) is 0 Å². The standard InChI is InChI=1S/C46H78O14/c1-3-5-7-8-9-10-11-12-13-14-15-16-17-18-19-20-21-22-23-24-25-26-27-28-30-55-32-35(58-38(48)29-6-4-2)33-56-45-44(54)42(52)40(50)37(60-45)34-57-46-43(53)41(51)39(49)36(31-47)59-46/h5,7,9-10,12-13,15-16,18-19,35-37,39-47,49-54H,3-4,6,8,11,14,17,20-34H2,1-2H3/b7-5-,10-9-,13-12-,16-15-,19-18-. The largest absolute Gasteiger partial charge is 0.457 e. The maximum absolute atomic E-state index is 12.5. The summed E-state index contributed by atoms with van der Waals surface area (Å²) >= 11 is 0. The summed E-state index contributed by atoms with van der Waals surface area (Å²) in [4.78, 5) is 12.5. The number of esters is 1. The second-order valence-corrected chi connectivity index (χ2v) is 15.5. The van der Waals surface area contributed by atoms with Crippen molar-refractivity contribution in [1.29, 1.82) is 0 Å². The molecule has 7 N–H and O–H groups in total. The normalized spacial score (nSPS) is 28.3. The minimum Gasteiger partial charge on any atom is -0.457 e. The number of carbonyl (C=O) groups is 1. The Kier molecular flexibility index (Phi) is 30.7. The fourth-order valence-corrected chi connectivity index (χ4v) is 6.58. The third-order valence-electron chi connectivity index (χ3n) is 10.3. The van der Waals surface area contributed by atoms with Gasteiger partial charge < -0.3 is 64.2 Å². The average Bonchev–Trinajstić information content (AvgIpc) is 3.25. The van der Waals surface area contributed by atoms with Gasteiger partial charge in [0.25, 0.3) is 0 Å². The number of unbranched alkanes of at least 4 members (excludes halogenated alkanes) is 9. The zero-order valence-corrected chi connectivity index (χ0v) is 36.2. The summed E-state index contributed by atoms with van der Waals surface area (Å²) in [5.41, 5.74) is 0. The van der Waals surface area contributed by atoms with E-state index in [9.17, 15) is 40.5 Å². The van der Waals surface area contributed by atoms with Gasteiger partial charge in [-0.3, -0.25) is 4.79 Å². The van der Waals surface area contributed by atoms with Crippen molar-refractivity contribution < 1.29 is 69.0 Å². The van der Waals surface area contributed by atoms with E-state index in [4.69, 9.17) is 28.4 Å². The van der Waals surface area contributed by atoms with E-state index in [-0.39, 0.29) is 19.6 Å². The zero-order chi connectivity index (χ0) is 43.8. The maximum Gasteiger partial charge on any atom is 0.306 e. The lowest BCUT2D eigenvalue weighted by molar-refractivity contribution is -0.332. The molecular weight excluding hydrogens is 776 g/mol. The molecular formula is C46H78O14. The topological polar surface area (TPSA) is 214 Å². The molecule has 11 unspecified atom stereocenters. The fourth-order valence-electron chi connectivity index (χ4n) is 6.58. The first-order chi connectivity index (χ1) is 29.1. The Hall–Kier alpha value is -2.31. The number of carbonyl (C=O) groups excluding carboxylic acids is 1. The van der Waals surface area contributed by atoms with Crippen molar-refractivity contribution in [2.24, 2.45) is 0 Å².